The predicted molar refractivity (Wildman–Crippen MR) is 77.4 cm³/mol. The normalized spacial score (nSPS) is 21.1. The molecule has 4 nitrogen and oxygen atoms in total. The molecule has 0 saturated carbocycles. The minimum absolute atomic E-state index is 0.000380. The van der Waals surface area contributed by atoms with Crippen LogP contribution in [-0.2, 0) is 16.6 Å². The van der Waals surface area contributed by atoms with Gasteiger partial charge in [0, 0.05) is 18.1 Å². The molecule has 1 aromatic rings. The molecule has 2 N–H and O–H groups in total. The first-order valence-electron chi connectivity index (χ1n) is 6.50. The monoisotopic (exact) mass is 320 g/mol. The van der Waals surface area contributed by atoms with Crippen LogP contribution in [0.2, 0.25) is 5.02 Å². The van der Waals surface area contributed by atoms with Crippen molar-refractivity contribution in [3.05, 3.63) is 34.6 Å². The summed E-state index contributed by atoms with van der Waals surface area (Å²) in [7, 11) is -3.45. The van der Waals surface area contributed by atoms with Crippen molar-refractivity contribution in [1.82, 2.24) is 4.90 Å². The van der Waals surface area contributed by atoms with E-state index in [-0.39, 0.29) is 17.5 Å². The van der Waals surface area contributed by atoms with Gasteiger partial charge in [-0.05, 0) is 49.1 Å². The van der Waals surface area contributed by atoms with Gasteiger partial charge in [0.2, 0.25) is 10.0 Å². The third-order valence-electron chi connectivity index (χ3n) is 3.47. The number of nitrogens with zero attached hydrogens (tertiary/aromatic N) is 1. The van der Waals surface area contributed by atoms with Gasteiger partial charge in [-0.1, -0.05) is 11.6 Å². The lowest BCUT2D eigenvalue weighted by molar-refractivity contribution is 0.177. The molecule has 0 aromatic heterocycles. The molecule has 1 aromatic carbocycles. The van der Waals surface area contributed by atoms with Crippen molar-refractivity contribution in [3.63, 3.8) is 0 Å². The number of benzene rings is 1. The maximum Gasteiger partial charge on any atom is 0.209 e. The second-order valence-electron chi connectivity index (χ2n) is 5.31. The van der Waals surface area contributed by atoms with Crippen molar-refractivity contribution in [3.8, 4) is 0 Å². The van der Waals surface area contributed by atoms with Crippen molar-refractivity contribution in [2.45, 2.75) is 19.4 Å². The largest absolute Gasteiger partial charge is 0.299 e. The molecule has 1 aliphatic heterocycles. The van der Waals surface area contributed by atoms with Crippen molar-refractivity contribution >= 4 is 21.6 Å². The summed E-state index contributed by atoms with van der Waals surface area (Å²) in [6.45, 7) is 2.02. The average Bonchev–Trinajstić information content (AvgIpc) is 2.32. The number of primary sulfonamides is 1. The van der Waals surface area contributed by atoms with E-state index in [1.165, 1.54) is 18.2 Å². The molecular weight excluding hydrogens is 303 g/mol. The van der Waals surface area contributed by atoms with Gasteiger partial charge in [0.15, 0.2) is 0 Å². The third kappa shape index (κ3) is 4.70. The molecule has 1 heterocycles. The van der Waals surface area contributed by atoms with Crippen LogP contribution in [0.5, 0.6) is 0 Å². The third-order valence-corrected chi connectivity index (χ3v) is 4.78. The second kappa shape index (κ2) is 6.39. The molecule has 1 fully saturated rings. The van der Waals surface area contributed by atoms with E-state index in [0.29, 0.717) is 18.1 Å². The molecule has 2 rings (SSSR count). The Kier molecular flexibility index (Phi) is 5.01. The van der Waals surface area contributed by atoms with E-state index in [1.54, 1.807) is 0 Å². The molecular formula is C13H18ClFN2O2S. The van der Waals surface area contributed by atoms with Gasteiger partial charge < -0.3 is 0 Å². The van der Waals surface area contributed by atoms with E-state index in [4.69, 9.17) is 16.7 Å². The summed E-state index contributed by atoms with van der Waals surface area (Å²) in [5.74, 6) is -0.283. The number of hydrogen-bond acceptors (Lipinski definition) is 3. The Labute approximate surface area is 123 Å². The lowest BCUT2D eigenvalue weighted by atomic mass is 9.99. The molecule has 1 atom stereocenters. The summed E-state index contributed by atoms with van der Waals surface area (Å²) in [6, 6.07) is 4.29. The Bertz CT molecular complexity index is 580. The number of nitrogens with two attached hydrogens (primary N) is 1. The lowest BCUT2D eigenvalue weighted by Crippen LogP contribution is -2.38. The van der Waals surface area contributed by atoms with Crippen molar-refractivity contribution in [1.29, 1.82) is 0 Å². The van der Waals surface area contributed by atoms with Crippen molar-refractivity contribution in [2.75, 3.05) is 18.8 Å². The van der Waals surface area contributed by atoms with Gasteiger partial charge in [0.25, 0.3) is 0 Å². The van der Waals surface area contributed by atoms with Gasteiger partial charge in [-0.15, -0.1) is 0 Å². The molecule has 0 bridgehead atoms. The molecule has 112 valence electrons. The molecule has 0 aliphatic carbocycles. The Morgan fingerprint density at radius 2 is 2.20 bits per heavy atom. The zero-order valence-corrected chi connectivity index (χ0v) is 12.6. The van der Waals surface area contributed by atoms with Crippen LogP contribution < -0.4 is 5.14 Å². The summed E-state index contributed by atoms with van der Waals surface area (Å²) >= 11 is 6.05. The molecule has 7 heteroatoms. The number of piperidine rings is 1. The van der Waals surface area contributed by atoms with Gasteiger partial charge in [0.05, 0.1) is 5.75 Å². The summed E-state index contributed by atoms with van der Waals surface area (Å²) in [5.41, 5.74) is 0.725. The fourth-order valence-corrected chi connectivity index (χ4v) is 3.77. The highest BCUT2D eigenvalue weighted by Crippen LogP contribution is 2.23. The van der Waals surface area contributed by atoms with E-state index in [2.05, 4.69) is 4.90 Å². The maximum absolute atomic E-state index is 13.2. The van der Waals surface area contributed by atoms with Crippen LogP contribution >= 0.6 is 11.6 Å². The summed E-state index contributed by atoms with van der Waals surface area (Å²) < 4.78 is 35.5. The highest BCUT2D eigenvalue weighted by atomic mass is 35.5. The Balaban J connectivity index is 2.01. The summed E-state index contributed by atoms with van der Waals surface area (Å²) in [4.78, 5) is 2.10. The molecule has 1 saturated heterocycles. The van der Waals surface area contributed by atoms with E-state index in [1.807, 2.05) is 0 Å². The van der Waals surface area contributed by atoms with Crippen LogP contribution in [-0.4, -0.2) is 32.2 Å². The Morgan fingerprint density at radius 3 is 2.90 bits per heavy atom. The maximum atomic E-state index is 13.2. The molecule has 1 unspecified atom stereocenters. The van der Waals surface area contributed by atoms with Crippen molar-refractivity contribution < 1.29 is 12.8 Å². The molecule has 20 heavy (non-hydrogen) atoms. The minimum Gasteiger partial charge on any atom is -0.299 e. The van der Waals surface area contributed by atoms with Crippen LogP contribution in [0.3, 0.4) is 0 Å². The summed E-state index contributed by atoms with van der Waals surface area (Å²) in [6.07, 6.45) is 1.76. The fraction of sp³-hybridized carbons (Fsp3) is 0.538. The molecule has 0 amide bonds. The van der Waals surface area contributed by atoms with Crippen LogP contribution in [0.15, 0.2) is 18.2 Å². The molecule has 0 radical (unpaired) electrons. The van der Waals surface area contributed by atoms with Gasteiger partial charge in [0.1, 0.15) is 5.82 Å². The highest BCUT2D eigenvalue weighted by molar-refractivity contribution is 7.89. The summed E-state index contributed by atoms with van der Waals surface area (Å²) in [5, 5.41) is 5.62. The van der Waals surface area contributed by atoms with Gasteiger partial charge >= 0.3 is 0 Å². The number of hydrogen-bond donors (Lipinski definition) is 1. The zero-order valence-electron chi connectivity index (χ0n) is 11.1. The number of rotatable bonds is 4. The van der Waals surface area contributed by atoms with E-state index >= 15 is 0 Å². The second-order valence-corrected chi connectivity index (χ2v) is 7.37. The van der Waals surface area contributed by atoms with Crippen LogP contribution in [0, 0.1) is 11.7 Å². The smallest absolute Gasteiger partial charge is 0.209 e. The molecule has 0 spiro atoms. The average molecular weight is 321 g/mol. The highest BCUT2D eigenvalue weighted by Gasteiger charge is 2.23. The number of sulfonamides is 1. The fourth-order valence-electron chi connectivity index (χ4n) is 2.66. The van der Waals surface area contributed by atoms with Crippen LogP contribution in [0.1, 0.15) is 18.4 Å². The SMILES string of the molecule is NS(=O)(=O)CC1CCCN(Cc2cc(F)ccc2Cl)C1. The van der Waals surface area contributed by atoms with Gasteiger partial charge in [-0.25, -0.2) is 17.9 Å². The lowest BCUT2D eigenvalue weighted by Gasteiger charge is -2.32. The quantitative estimate of drug-likeness (QED) is 0.922. The zero-order chi connectivity index (χ0) is 14.8. The first-order chi connectivity index (χ1) is 9.33. The van der Waals surface area contributed by atoms with Crippen molar-refractivity contribution in [2.24, 2.45) is 11.1 Å². The Hall–Kier alpha value is -0.690. The predicted octanol–water partition coefficient (Wildman–Crippen LogP) is 1.98. The molecule has 1 aliphatic rings. The van der Waals surface area contributed by atoms with E-state index in [0.717, 1.165) is 24.9 Å². The number of halogens is 2. The first kappa shape index (κ1) is 15.7. The number of likely N-dealkylation sites (tertiary alicyclic amines) is 1. The van der Waals surface area contributed by atoms with Crippen LogP contribution in [0.4, 0.5) is 4.39 Å². The minimum atomic E-state index is -3.45. The van der Waals surface area contributed by atoms with E-state index in [9.17, 15) is 12.8 Å². The van der Waals surface area contributed by atoms with Crippen LogP contribution in [0.25, 0.3) is 0 Å². The van der Waals surface area contributed by atoms with E-state index < -0.39 is 10.0 Å². The standard InChI is InChI=1S/C13H18ClFN2O2S/c14-13-4-3-12(15)6-11(13)8-17-5-1-2-10(7-17)9-20(16,18)19/h3-4,6,10H,1-2,5,7-9H2,(H2,16,18,19). The topological polar surface area (TPSA) is 63.4 Å². The van der Waals surface area contributed by atoms with Gasteiger partial charge in [-0.2, -0.15) is 0 Å². The van der Waals surface area contributed by atoms with Gasteiger partial charge in [-0.3, -0.25) is 4.90 Å². The Morgan fingerprint density at radius 1 is 1.45 bits per heavy atom. The first-order valence-corrected chi connectivity index (χ1v) is 8.59.